The van der Waals surface area contributed by atoms with E-state index in [1.807, 2.05) is 24.3 Å². The summed E-state index contributed by atoms with van der Waals surface area (Å²) in [4.78, 5) is 0. The maximum atomic E-state index is 9.09. The lowest BCUT2D eigenvalue weighted by Crippen LogP contribution is -2.01. The highest BCUT2D eigenvalue weighted by Crippen LogP contribution is 2.43. The summed E-state index contributed by atoms with van der Waals surface area (Å²) in [6.45, 7) is 0.581. The third-order valence-electron chi connectivity index (χ3n) is 5.12. The summed E-state index contributed by atoms with van der Waals surface area (Å²) in [6.07, 6.45) is 0. The molecular weight excluding hydrogens is 384 g/mol. The van der Waals surface area contributed by atoms with Crippen molar-refractivity contribution in [3.8, 4) is 11.5 Å². The van der Waals surface area contributed by atoms with Crippen LogP contribution in [0.1, 0.15) is 0 Å². The van der Waals surface area contributed by atoms with Crippen molar-refractivity contribution in [2.45, 2.75) is 0 Å². The standard InChI is InChI=1S/C24H20O4S/c25-10-12-27-16-5-6-17-15(14-16)4-9-22-23(17)20-8-7-18-19(24(20)29-22)2-1-3-21(18)28-13-11-26/h1-9,14,25-26H,10-13H2. The highest BCUT2D eigenvalue weighted by atomic mass is 32.1. The highest BCUT2D eigenvalue weighted by molar-refractivity contribution is 7.26. The number of hydrogen-bond donors (Lipinski definition) is 2. The van der Waals surface area contributed by atoms with Crippen LogP contribution in [0, 0.1) is 0 Å². The zero-order valence-corrected chi connectivity index (χ0v) is 16.5. The molecule has 29 heavy (non-hydrogen) atoms. The van der Waals surface area contributed by atoms with Gasteiger partial charge < -0.3 is 19.7 Å². The van der Waals surface area contributed by atoms with Crippen LogP contribution in [0.4, 0.5) is 0 Å². The zero-order chi connectivity index (χ0) is 19.8. The summed E-state index contributed by atoms with van der Waals surface area (Å²) >= 11 is 1.79. The number of rotatable bonds is 6. The van der Waals surface area contributed by atoms with Gasteiger partial charge in [0.15, 0.2) is 0 Å². The van der Waals surface area contributed by atoms with Crippen molar-refractivity contribution in [3.05, 3.63) is 60.7 Å². The predicted octanol–water partition coefficient (Wildman–Crippen LogP) is 5.10. The molecule has 0 unspecified atom stereocenters. The summed E-state index contributed by atoms with van der Waals surface area (Å²) in [5, 5.41) is 25.1. The van der Waals surface area contributed by atoms with E-state index in [4.69, 9.17) is 19.7 Å². The lowest BCUT2D eigenvalue weighted by atomic mass is 10.0. The lowest BCUT2D eigenvalue weighted by Gasteiger charge is -2.09. The van der Waals surface area contributed by atoms with E-state index in [2.05, 4.69) is 36.4 Å². The minimum atomic E-state index is -0.00246. The Labute approximate surface area is 171 Å². The first-order valence-corrected chi connectivity index (χ1v) is 10.4. The average Bonchev–Trinajstić information content (AvgIpc) is 3.15. The minimum Gasteiger partial charge on any atom is -0.491 e. The Hall–Kier alpha value is -2.86. The van der Waals surface area contributed by atoms with Crippen molar-refractivity contribution >= 4 is 53.1 Å². The fourth-order valence-corrected chi connectivity index (χ4v) is 5.15. The second-order valence-corrected chi connectivity index (χ2v) is 7.91. The van der Waals surface area contributed by atoms with E-state index in [0.717, 1.165) is 27.7 Å². The van der Waals surface area contributed by atoms with Crippen LogP contribution in [0.5, 0.6) is 11.5 Å². The van der Waals surface area contributed by atoms with Crippen molar-refractivity contribution in [3.63, 3.8) is 0 Å². The van der Waals surface area contributed by atoms with Gasteiger partial charge in [0.1, 0.15) is 24.7 Å². The Morgan fingerprint density at radius 3 is 2.38 bits per heavy atom. The highest BCUT2D eigenvalue weighted by Gasteiger charge is 2.13. The molecule has 5 aromatic rings. The molecule has 0 radical (unpaired) electrons. The van der Waals surface area contributed by atoms with E-state index in [0.29, 0.717) is 6.61 Å². The van der Waals surface area contributed by atoms with Crippen LogP contribution >= 0.6 is 11.3 Å². The molecule has 4 nitrogen and oxygen atoms in total. The van der Waals surface area contributed by atoms with Gasteiger partial charge in [-0.05, 0) is 41.1 Å². The van der Waals surface area contributed by atoms with Gasteiger partial charge in [0.2, 0.25) is 0 Å². The van der Waals surface area contributed by atoms with Crippen molar-refractivity contribution in [1.82, 2.24) is 0 Å². The Balaban J connectivity index is 1.74. The van der Waals surface area contributed by atoms with E-state index in [1.54, 1.807) is 11.3 Å². The second-order valence-electron chi connectivity index (χ2n) is 6.86. The minimum absolute atomic E-state index is 0.00246. The summed E-state index contributed by atoms with van der Waals surface area (Å²) < 4.78 is 13.8. The van der Waals surface area contributed by atoms with Crippen LogP contribution < -0.4 is 9.47 Å². The first-order valence-electron chi connectivity index (χ1n) is 9.58. The molecule has 1 heterocycles. The maximum absolute atomic E-state index is 9.09. The maximum Gasteiger partial charge on any atom is 0.127 e. The third-order valence-corrected chi connectivity index (χ3v) is 6.32. The van der Waals surface area contributed by atoms with Crippen LogP contribution in [0.25, 0.3) is 41.7 Å². The molecule has 1 aromatic heterocycles. The molecule has 0 fully saturated rings. The molecule has 5 rings (SSSR count). The molecule has 0 saturated heterocycles. The molecule has 5 heteroatoms. The van der Waals surface area contributed by atoms with Crippen molar-refractivity contribution in [2.24, 2.45) is 0 Å². The Morgan fingerprint density at radius 2 is 1.52 bits per heavy atom. The van der Waals surface area contributed by atoms with Gasteiger partial charge in [-0.15, -0.1) is 11.3 Å². The summed E-state index contributed by atoms with van der Waals surface area (Å²) in [6, 6.07) is 20.7. The van der Waals surface area contributed by atoms with E-state index in [1.165, 1.54) is 25.6 Å². The van der Waals surface area contributed by atoms with Gasteiger partial charge in [0, 0.05) is 30.9 Å². The van der Waals surface area contributed by atoms with Gasteiger partial charge in [0.05, 0.1) is 13.2 Å². The van der Waals surface area contributed by atoms with E-state index in [-0.39, 0.29) is 19.8 Å². The Kier molecular flexibility index (Phi) is 4.72. The van der Waals surface area contributed by atoms with Gasteiger partial charge in [-0.25, -0.2) is 0 Å². The summed E-state index contributed by atoms with van der Waals surface area (Å²) in [5.41, 5.74) is 0. The van der Waals surface area contributed by atoms with E-state index in [9.17, 15) is 0 Å². The number of thiophene rings is 1. The molecule has 0 aliphatic rings. The fourth-order valence-electron chi connectivity index (χ4n) is 3.90. The molecule has 0 saturated carbocycles. The average molecular weight is 404 g/mol. The predicted molar refractivity (Wildman–Crippen MR) is 120 cm³/mol. The van der Waals surface area contributed by atoms with Crippen LogP contribution in [0.3, 0.4) is 0 Å². The summed E-state index contributed by atoms with van der Waals surface area (Å²) in [7, 11) is 0. The van der Waals surface area contributed by atoms with Gasteiger partial charge in [0.25, 0.3) is 0 Å². The van der Waals surface area contributed by atoms with Crippen LogP contribution in [0.2, 0.25) is 0 Å². The van der Waals surface area contributed by atoms with Crippen LogP contribution in [0.15, 0.2) is 60.7 Å². The summed E-state index contributed by atoms with van der Waals surface area (Å²) in [5.74, 6) is 1.56. The number of benzene rings is 4. The van der Waals surface area contributed by atoms with Gasteiger partial charge in [-0.2, -0.15) is 0 Å². The fraction of sp³-hybridized carbons (Fsp3) is 0.167. The molecule has 146 valence electrons. The van der Waals surface area contributed by atoms with Gasteiger partial charge in [-0.3, -0.25) is 0 Å². The lowest BCUT2D eigenvalue weighted by molar-refractivity contribution is 0.201. The van der Waals surface area contributed by atoms with Crippen molar-refractivity contribution < 1.29 is 19.7 Å². The molecule has 0 spiro atoms. The SMILES string of the molecule is OCCOc1ccc2c(ccc3sc4c5cccc(OCCO)c5ccc4c32)c1. The van der Waals surface area contributed by atoms with Crippen molar-refractivity contribution in [2.75, 3.05) is 26.4 Å². The molecule has 2 N–H and O–H groups in total. The molecule has 0 aliphatic carbocycles. The van der Waals surface area contributed by atoms with Gasteiger partial charge in [-0.1, -0.05) is 30.3 Å². The molecule has 4 aromatic carbocycles. The quantitative estimate of drug-likeness (QED) is 0.413. The number of aliphatic hydroxyl groups is 2. The first kappa shape index (κ1) is 18.2. The van der Waals surface area contributed by atoms with Crippen LogP contribution in [-0.2, 0) is 0 Å². The molecular formula is C24H20O4S. The number of aliphatic hydroxyl groups excluding tert-OH is 2. The van der Waals surface area contributed by atoms with Gasteiger partial charge >= 0.3 is 0 Å². The number of ether oxygens (including phenoxy) is 2. The normalized spacial score (nSPS) is 11.7. The topological polar surface area (TPSA) is 58.9 Å². The smallest absolute Gasteiger partial charge is 0.127 e. The Morgan fingerprint density at radius 1 is 0.724 bits per heavy atom. The monoisotopic (exact) mass is 404 g/mol. The second kappa shape index (κ2) is 7.52. The largest absolute Gasteiger partial charge is 0.491 e. The first-order chi connectivity index (χ1) is 14.3. The molecule has 0 aliphatic heterocycles. The zero-order valence-electron chi connectivity index (χ0n) is 15.7. The van der Waals surface area contributed by atoms with E-state index < -0.39 is 0 Å². The van der Waals surface area contributed by atoms with E-state index >= 15 is 0 Å². The number of fused-ring (bicyclic) bond motifs is 7. The van der Waals surface area contributed by atoms with Crippen LogP contribution in [-0.4, -0.2) is 36.6 Å². The Bertz CT molecular complexity index is 1340. The van der Waals surface area contributed by atoms with Crippen molar-refractivity contribution in [1.29, 1.82) is 0 Å². The third kappa shape index (κ3) is 3.08. The molecule has 0 amide bonds. The number of hydrogen-bond acceptors (Lipinski definition) is 5. The molecule has 0 bridgehead atoms. The molecule has 0 atom stereocenters.